The number of hydrogen-bond donors (Lipinski definition) is 1. The molecule has 0 bridgehead atoms. The Hall–Kier alpha value is -3.27. The summed E-state index contributed by atoms with van der Waals surface area (Å²) < 4.78 is 12.4. The van der Waals surface area contributed by atoms with Gasteiger partial charge in [0.15, 0.2) is 11.5 Å². The van der Waals surface area contributed by atoms with Crippen LogP contribution < -0.4 is 14.8 Å². The van der Waals surface area contributed by atoms with Crippen molar-refractivity contribution in [1.82, 2.24) is 0 Å². The topological polar surface area (TPSA) is 71.3 Å². The Morgan fingerprint density at radius 2 is 1.68 bits per heavy atom. The maximum atomic E-state index is 12.7. The Bertz CT molecular complexity index is 1220. The third kappa shape index (κ3) is 6.86. The zero-order valence-electron chi connectivity index (χ0n) is 18.9. The fraction of sp³-hybridized carbons (Fsp3) is 0.185. The van der Waals surface area contributed by atoms with Crippen molar-refractivity contribution >= 4 is 45.2 Å². The van der Waals surface area contributed by atoms with E-state index in [2.05, 4.69) is 28.2 Å². The molecular formula is C27H24BrClN2O3. The number of ether oxygens (including phenoxy) is 2. The average Bonchev–Trinajstić information content (AvgIpc) is 2.84. The lowest BCUT2D eigenvalue weighted by Crippen LogP contribution is -2.13. The minimum atomic E-state index is -0.486. The molecule has 0 heterocycles. The Kier molecular flexibility index (Phi) is 9.15. The van der Waals surface area contributed by atoms with Gasteiger partial charge >= 0.3 is 0 Å². The predicted molar refractivity (Wildman–Crippen MR) is 139 cm³/mol. The van der Waals surface area contributed by atoms with Crippen LogP contribution in [0.2, 0.25) is 5.02 Å². The highest BCUT2D eigenvalue weighted by Crippen LogP contribution is 2.35. The summed E-state index contributed by atoms with van der Waals surface area (Å²) in [6.45, 7) is 4.70. The molecule has 1 N–H and O–H groups in total. The van der Waals surface area contributed by atoms with Crippen LogP contribution in [0.4, 0.5) is 5.69 Å². The summed E-state index contributed by atoms with van der Waals surface area (Å²) >= 11 is 9.46. The van der Waals surface area contributed by atoms with E-state index in [1.54, 1.807) is 24.3 Å². The van der Waals surface area contributed by atoms with Gasteiger partial charge in [-0.3, -0.25) is 4.79 Å². The van der Waals surface area contributed by atoms with Crippen LogP contribution in [0.3, 0.4) is 0 Å². The summed E-state index contributed by atoms with van der Waals surface area (Å²) in [6, 6.07) is 20.4. The zero-order valence-corrected chi connectivity index (χ0v) is 21.2. The van der Waals surface area contributed by atoms with Gasteiger partial charge in [0.1, 0.15) is 18.2 Å². The van der Waals surface area contributed by atoms with Crippen molar-refractivity contribution in [2.24, 2.45) is 0 Å². The van der Waals surface area contributed by atoms with E-state index in [0.29, 0.717) is 45.5 Å². The summed E-state index contributed by atoms with van der Waals surface area (Å²) in [7, 11) is 0. The third-order valence-corrected chi connectivity index (χ3v) is 5.89. The third-order valence-electron chi connectivity index (χ3n) is 4.96. The van der Waals surface area contributed by atoms with E-state index in [0.717, 1.165) is 12.0 Å². The molecule has 5 nitrogen and oxygen atoms in total. The number of anilines is 1. The van der Waals surface area contributed by atoms with E-state index >= 15 is 0 Å². The van der Waals surface area contributed by atoms with Crippen LogP contribution in [0.15, 0.2) is 70.7 Å². The molecule has 174 valence electrons. The number of hydrogen-bond acceptors (Lipinski definition) is 4. The van der Waals surface area contributed by atoms with Gasteiger partial charge in [0, 0.05) is 15.2 Å². The van der Waals surface area contributed by atoms with E-state index in [1.807, 2.05) is 49.4 Å². The van der Waals surface area contributed by atoms with Crippen molar-refractivity contribution in [2.45, 2.75) is 26.9 Å². The Balaban J connectivity index is 1.82. The number of carbonyl (C=O) groups is 1. The van der Waals surface area contributed by atoms with E-state index in [-0.39, 0.29) is 5.57 Å². The molecule has 0 fully saturated rings. The van der Waals surface area contributed by atoms with Gasteiger partial charge in [-0.15, -0.1) is 0 Å². The Morgan fingerprint density at radius 1 is 1.03 bits per heavy atom. The molecular weight excluding hydrogens is 516 g/mol. The first kappa shape index (κ1) is 25.4. The molecule has 0 unspecified atom stereocenters. The van der Waals surface area contributed by atoms with Gasteiger partial charge in [-0.2, -0.15) is 5.26 Å². The van der Waals surface area contributed by atoms with Crippen LogP contribution in [-0.2, 0) is 17.8 Å². The number of benzene rings is 3. The Labute approximate surface area is 213 Å². The van der Waals surface area contributed by atoms with Gasteiger partial charge in [-0.25, -0.2) is 0 Å². The summed E-state index contributed by atoms with van der Waals surface area (Å²) in [4.78, 5) is 12.7. The molecule has 3 aromatic carbocycles. The fourth-order valence-electron chi connectivity index (χ4n) is 3.11. The largest absolute Gasteiger partial charge is 0.490 e. The van der Waals surface area contributed by atoms with E-state index in [1.165, 1.54) is 11.6 Å². The second kappa shape index (κ2) is 12.3. The minimum Gasteiger partial charge on any atom is -0.490 e. The van der Waals surface area contributed by atoms with E-state index < -0.39 is 5.91 Å². The van der Waals surface area contributed by atoms with Crippen LogP contribution in [-0.4, -0.2) is 12.5 Å². The first-order chi connectivity index (χ1) is 16.4. The van der Waals surface area contributed by atoms with Crippen molar-refractivity contribution < 1.29 is 14.3 Å². The normalized spacial score (nSPS) is 11.0. The van der Waals surface area contributed by atoms with E-state index in [4.69, 9.17) is 21.1 Å². The van der Waals surface area contributed by atoms with Crippen molar-refractivity contribution in [3.8, 4) is 17.6 Å². The molecule has 1 amide bonds. The first-order valence-corrected chi connectivity index (χ1v) is 12.0. The molecule has 3 rings (SSSR count). The number of halogens is 2. The van der Waals surface area contributed by atoms with Crippen LogP contribution in [0.5, 0.6) is 11.5 Å². The number of rotatable bonds is 9. The number of nitriles is 1. The molecule has 0 atom stereocenters. The van der Waals surface area contributed by atoms with Gasteiger partial charge in [0.05, 0.1) is 6.61 Å². The van der Waals surface area contributed by atoms with Crippen molar-refractivity contribution in [1.29, 1.82) is 5.26 Å². The maximum Gasteiger partial charge on any atom is 0.266 e. The van der Waals surface area contributed by atoms with Crippen molar-refractivity contribution in [2.75, 3.05) is 11.9 Å². The highest BCUT2D eigenvalue weighted by molar-refractivity contribution is 9.10. The van der Waals surface area contributed by atoms with Gasteiger partial charge < -0.3 is 14.8 Å². The number of carbonyl (C=O) groups excluding carboxylic acids is 1. The van der Waals surface area contributed by atoms with Crippen LogP contribution in [0, 0.1) is 11.3 Å². The lowest BCUT2D eigenvalue weighted by Gasteiger charge is -2.14. The number of nitrogens with one attached hydrogen (secondary N) is 1. The minimum absolute atomic E-state index is 0.0300. The first-order valence-electron chi connectivity index (χ1n) is 10.8. The molecule has 7 heteroatoms. The molecule has 0 aliphatic rings. The molecule has 0 spiro atoms. The van der Waals surface area contributed by atoms with Crippen LogP contribution in [0.25, 0.3) is 6.08 Å². The second-order valence-electron chi connectivity index (χ2n) is 7.34. The summed E-state index contributed by atoms with van der Waals surface area (Å²) in [5, 5.41) is 13.0. The standard InChI is InChI=1S/C27H24BrClN2O3/c1-3-18-7-11-23(12-8-18)31-27(32)21(16-30)13-20-14-25(33-4-2)26(15-24(20)28)34-17-19-5-9-22(29)10-6-19/h5-15H,3-4,17H2,1-2H3,(H,31,32)/b21-13+. The molecule has 0 aromatic heterocycles. The maximum absolute atomic E-state index is 12.7. The van der Waals surface area contributed by atoms with Gasteiger partial charge in [0.2, 0.25) is 0 Å². The zero-order chi connectivity index (χ0) is 24.5. The number of nitrogens with zero attached hydrogens (tertiary/aromatic N) is 1. The van der Waals surface area contributed by atoms with Gasteiger partial charge in [0.25, 0.3) is 5.91 Å². The van der Waals surface area contributed by atoms with Crippen LogP contribution in [0.1, 0.15) is 30.5 Å². The van der Waals surface area contributed by atoms with Crippen LogP contribution >= 0.6 is 27.5 Å². The number of amides is 1. The van der Waals surface area contributed by atoms with Gasteiger partial charge in [-0.05, 0) is 72.5 Å². The molecule has 3 aromatic rings. The molecule has 34 heavy (non-hydrogen) atoms. The molecule has 0 aliphatic heterocycles. The number of aryl methyl sites for hydroxylation is 1. The Morgan fingerprint density at radius 3 is 2.29 bits per heavy atom. The molecule has 0 radical (unpaired) electrons. The summed E-state index contributed by atoms with van der Waals surface area (Å²) in [5.41, 5.74) is 3.35. The molecule has 0 aliphatic carbocycles. The monoisotopic (exact) mass is 538 g/mol. The fourth-order valence-corrected chi connectivity index (χ4v) is 3.67. The summed E-state index contributed by atoms with van der Waals surface area (Å²) in [5.74, 6) is 0.568. The highest BCUT2D eigenvalue weighted by atomic mass is 79.9. The molecule has 0 saturated carbocycles. The molecule has 0 saturated heterocycles. The summed E-state index contributed by atoms with van der Waals surface area (Å²) in [6.07, 6.45) is 2.43. The predicted octanol–water partition coefficient (Wildman–Crippen LogP) is 7.19. The van der Waals surface area contributed by atoms with Crippen molar-refractivity contribution in [3.63, 3.8) is 0 Å². The quantitative estimate of drug-likeness (QED) is 0.231. The SMILES string of the molecule is CCOc1cc(/C=C(\C#N)C(=O)Nc2ccc(CC)cc2)c(Br)cc1OCc1ccc(Cl)cc1. The van der Waals surface area contributed by atoms with Gasteiger partial charge in [-0.1, -0.05) is 58.7 Å². The average molecular weight is 540 g/mol. The lowest BCUT2D eigenvalue weighted by atomic mass is 10.1. The smallest absolute Gasteiger partial charge is 0.266 e. The highest BCUT2D eigenvalue weighted by Gasteiger charge is 2.14. The van der Waals surface area contributed by atoms with Crippen molar-refractivity contribution in [3.05, 3.63) is 92.4 Å². The van der Waals surface area contributed by atoms with E-state index in [9.17, 15) is 10.1 Å². The second-order valence-corrected chi connectivity index (χ2v) is 8.63. The lowest BCUT2D eigenvalue weighted by molar-refractivity contribution is -0.112.